The molecule has 5 heteroatoms. The summed E-state index contributed by atoms with van der Waals surface area (Å²) in [6, 6.07) is 11.6. The molecule has 0 fully saturated rings. The highest BCUT2D eigenvalue weighted by Crippen LogP contribution is 2.31. The third-order valence-corrected chi connectivity index (χ3v) is 3.89. The number of hydrogen-bond acceptors (Lipinski definition) is 4. The van der Waals surface area contributed by atoms with Crippen molar-refractivity contribution < 1.29 is 4.79 Å². The quantitative estimate of drug-likeness (QED) is 0.655. The molecular weight excluding hydrogens is 264 g/mol. The summed E-state index contributed by atoms with van der Waals surface area (Å²) >= 11 is 0. The van der Waals surface area contributed by atoms with Crippen LogP contribution in [-0.2, 0) is 6.42 Å². The molecular formula is C16H18N4O. The van der Waals surface area contributed by atoms with Gasteiger partial charge in [0.1, 0.15) is 5.69 Å². The zero-order valence-electron chi connectivity index (χ0n) is 11.9. The van der Waals surface area contributed by atoms with E-state index in [9.17, 15) is 4.79 Å². The van der Waals surface area contributed by atoms with Gasteiger partial charge in [0.2, 0.25) is 0 Å². The van der Waals surface area contributed by atoms with Crippen molar-refractivity contribution in [2.24, 2.45) is 5.84 Å². The molecule has 1 atom stereocenters. The molecule has 1 amide bonds. The van der Waals surface area contributed by atoms with Crippen LogP contribution in [0, 0.1) is 0 Å². The van der Waals surface area contributed by atoms with E-state index in [-0.39, 0.29) is 11.9 Å². The fraction of sp³-hybridized carbons (Fsp3) is 0.250. The third kappa shape index (κ3) is 2.48. The second-order valence-corrected chi connectivity index (χ2v) is 5.27. The molecule has 3 rings (SSSR count). The van der Waals surface area contributed by atoms with Gasteiger partial charge in [0.05, 0.1) is 5.69 Å². The molecule has 1 aromatic heterocycles. The summed E-state index contributed by atoms with van der Waals surface area (Å²) in [6.45, 7) is 2.07. The lowest BCUT2D eigenvalue weighted by Crippen LogP contribution is -2.42. The molecule has 1 aliphatic rings. The van der Waals surface area contributed by atoms with Crippen molar-refractivity contribution in [1.82, 2.24) is 4.98 Å². The monoisotopic (exact) mass is 282 g/mol. The van der Waals surface area contributed by atoms with E-state index in [0.29, 0.717) is 11.4 Å². The molecule has 0 spiro atoms. The molecule has 1 aromatic carbocycles. The summed E-state index contributed by atoms with van der Waals surface area (Å²) in [5, 5.41) is 0. The normalized spacial score (nSPS) is 17.2. The number of anilines is 2. The lowest BCUT2D eigenvalue weighted by Gasteiger charge is -2.35. The van der Waals surface area contributed by atoms with E-state index in [4.69, 9.17) is 5.84 Å². The van der Waals surface area contributed by atoms with Crippen LogP contribution < -0.4 is 16.2 Å². The second-order valence-electron chi connectivity index (χ2n) is 5.27. The molecule has 108 valence electrons. The maximum atomic E-state index is 12.8. The van der Waals surface area contributed by atoms with Crippen LogP contribution in [0.3, 0.4) is 0 Å². The number of nitrogens with two attached hydrogens (primary N) is 1. The summed E-state index contributed by atoms with van der Waals surface area (Å²) in [6.07, 6.45) is 3.54. The Balaban J connectivity index is 2.00. The number of benzene rings is 1. The molecule has 0 radical (unpaired) electrons. The number of rotatable bonds is 2. The largest absolute Gasteiger partial charge is 0.324 e. The van der Waals surface area contributed by atoms with Gasteiger partial charge in [0.15, 0.2) is 0 Å². The summed E-state index contributed by atoms with van der Waals surface area (Å²) in [5.74, 6) is 5.31. The van der Waals surface area contributed by atoms with Gasteiger partial charge in [0, 0.05) is 17.9 Å². The molecule has 21 heavy (non-hydrogen) atoms. The lowest BCUT2D eigenvalue weighted by molar-refractivity contribution is 0.0970. The Morgan fingerprint density at radius 3 is 3.00 bits per heavy atom. The smallest absolute Gasteiger partial charge is 0.277 e. The summed E-state index contributed by atoms with van der Waals surface area (Å²) in [7, 11) is 0. The van der Waals surface area contributed by atoms with E-state index >= 15 is 0 Å². The molecule has 0 aliphatic carbocycles. The topological polar surface area (TPSA) is 71.2 Å². The Morgan fingerprint density at radius 1 is 1.38 bits per heavy atom. The van der Waals surface area contributed by atoms with Crippen molar-refractivity contribution in [3.05, 3.63) is 53.9 Å². The standard InChI is InChI=1S/C16H18N4O/c1-11-6-7-12-4-2-3-5-15(12)20(11)16(21)14-10-13(19-17)8-9-18-14/h2-5,8-11H,6-7,17H2,1H3,(H,18,19). The molecule has 0 saturated heterocycles. The third-order valence-electron chi connectivity index (χ3n) is 3.89. The minimum Gasteiger partial charge on any atom is -0.324 e. The first-order valence-corrected chi connectivity index (χ1v) is 7.05. The minimum atomic E-state index is -0.0910. The van der Waals surface area contributed by atoms with Gasteiger partial charge in [-0.25, -0.2) is 0 Å². The number of para-hydroxylation sites is 1. The van der Waals surface area contributed by atoms with E-state index in [1.165, 1.54) is 5.56 Å². The zero-order chi connectivity index (χ0) is 14.8. The van der Waals surface area contributed by atoms with Crippen LogP contribution in [-0.4, -0.2) is 16.9 Å². The fourth-order valence-electron chi connectivity index (χ4n) is 2.76. The van der Waals surface area contributed by atoms with Crippen LogP contribution in [0.5, 0.6) is 0 Å². The Labute approximate surface area is 123 Å². The van der Waals surface area contributed by atoms with E-state index in [1.807, 2.05) is 23.1 Å². The van der Waals surface area contributed by atoms with Crippen molar-refractivity contribution in [2.45, 2.75) is 25.8 Å². The van der Waals surface area contributed by atoms with Crippen molar-refractivity contribution >= 4 is 17.3 Å². The van der Waals surface area contributed by atoms with Gasteiger partial charge in [-0.1, -0.05) is 18.2 Å². The van der Waals surface area contributed by atoms with Gasteiger partial charge in [-0.15, -0.1) is 0 Å². The van der Waals surface area contributed by atoms with E-state index in [2.05, 4.69) is 23.4 Å². The number of nitrogens with zero attached hydrogens (tertiary/aromatic N) is 2. The van der Waals surface area contributed by atoms with Crippen molar-refractivity contribution in [2.75, 3.05) is 10.3 Å². The van der Waals surface area contributed by atoms with Crippen LogP contribution in [0.25, 0.3) is 0 Å². The summed E-state index contributed by atoms with van der Waals surface area (Å²) in [4.78, 5) is 18.9. The predicted octanol–water partition coefficient (Wildman–Crippen LogP) is 2.35. The molecule has 1 unspecified atom stereocenters. The predicted molar refractivity (Wildman–Crippen MR) is 83.1 cm³/mol. The minimum absolute atomic E-state index is 0.0910. The number of carbonyl (C=O) groups excluding carboxylic acids is 1. The Morgan fingerprint density at radius 2 is 2.19 bits per heavy atom. The van der Waals surface area contributed by atoms with Gasteiger partial charge < -0.3 is 10.3 Å². The van der Waals surface area contributed by atoms with Crippen molar-refractivity contribution in [3.8, 4) is 0 Å². The van der Waals surface area contributed by atoms with E-state index < -0.39 is 0 Å². The average Bonchev–Trinajstić information content (AvgIpc) is 2.54. The van der Waals surface area contributed by atoms with Gasteiger partial charge in [-0.3, -0.25) is 15.6 Å². The highest BCUT2D eigenvalue weighted by atomic mass is 16.2. The SMILES string of the molecule is CC1CCc2ccccc2N1C(=O)c1cc(NN)ccn1. The summed E-state index contributed by atoms with van der Waals surface area (Å²) < 4.78 is 0. The molecule has 2 heterocycles. The van der Waals surface area contributed by atoms with Crippen molar-refractivity contribution in [1.29, 1.82) is 0 Å². The first-order valence-electron chi connectivity index (χ1n) is 7.05. The van der Waals surface area contributed by atoms with Crippen LogP contribution in [0.2, 0.25) is 0 Å². The zero-order valence-corrected chi connectivity index (χ0v) is 11.9. The van der Waals surface area contributed by atoms with Gasteiger partial charge in [0.25, 0.3) is 5.91 Å². The number of hydrazine groups is 1. The van der Waals surface area contributed by atoms with Crippen LogP contribution in [0.15, 0.2) is 42.6 Å². The van der Waals surface area contributed by atoms with Crippen molar-refractivity contribution in [3.63, 3.8) is 0 Å². The number of aryl methyl sites for hydroxylation is 1. The average molecular weight is 282 g/mol. The van der Waals surface area contributed by atoms with Crippen LogP contribution in [0.1, 0.15) is 29.4 Å². The van der Waals surface area contributed by atoms with E-state index in [1.54, 1.807) is 18.3 Å². The number of hydrogen-bond donors (Lipinski definition) is 2. The highest BCUT2D eigenvalue weighted by molar-refractivity contribution is 6.06. The number of nitrogen functional groups attached to an aromatic ring is 1. The number of nitrogens with one attached hydrogen (secondary N) is 1. The molecule has 0 bridgehead atoms. The van der Waals surface area contributed by atoms with Gasteiger partial charge in [-0.2, -0.15) is 0 Å². The molecule has 0 saturated carbocycles. The maximum Gasteiger partial charge on any atom is 0.277 e. The number of carbonyl (C=O) groups is 1. The highest BCUT2D eigenvalue weighted by Gasteiger charge is 2.29. The maximum absolute atomic E-state index is 12.8. The van der Waals surface area contributed by atoms with Crippen LogP contribution in [0.4, 0.5) is 11.4 Å². The van der Waals surface area contributed by atoms with Gasteiger partial charge in [-0.05, 0) is 43.5 Å². The molecule has 1 aliphatic heterocycles. The number of aromatic nitrogens is 1. The Hall–Kier alpha value is -2.40. The van der Waals surface area contributed by atoms with Crippen LogP contribution >= 0.6 is 0 Å². The lowest BCUT2D eigenvalue weighted by atomic mass is 9.96. The summed E-state index contributed by atoms with van der Waals surface area (Å²) in [5.41, 5.74) is 5.80. The molecule has 2 aromatic rings. The van der Waals surface area contributed by atoms with Gasteiger partial charge >= 0.3 is 0 Å². The first kappa shape index (κ1) is 13.6. The van der Waals surface area contributed by atoms with E-state index in [0.717, 1.165) is 18.5 Å². The molecule has 5 nitrogen and oxygen atoms in total. The fourth-order valence-corrected chi connectivity index (χ4v) is 2.76. The molecule has 3 N–H and O–H groups in total. The Bertz CT molecular complexity index is 671. The number of fused-ring (bicyclic) bond motifs is 1. The second kappa shape index (κ2) is 5.54. The first-order chi connectivity index (χ1) is 10.2. The number of pyridine rings is 1. The Kier molecular flexibility index (Phi) is 3.58. The number of amides is 1.